The Bertz CT molecular complexity index is 1070. The molecule has 0 aliphatic rings. The van der Waals surface area contributed by atoms with Gasteiger partial charge in [0.25, 0.3) is 0 Å². The van der Waals surface area contributed by atoms with Gasteiger partial charge in [-0.2, -0.15) is 0 Å². The fraction of sp³-hybridized carbons (Fsp3) is 0.391. The summed E-state index contributed by atoms with van der Waals surface area (Å²) in [6, 6.07) is 12.8. The Morgan fingerprint density at radius 1 is 1.03 bits per heavy atom. The van der Waals surface area contributed by atoms with Crippen molar-refractivity contribution in [2.24, 2.45) is 0 Å². The first-order chi connectivity index (χ1) is 15.6. The van der Waals surface area contributed by atoms with Crippen LogP contribution in [0.5, 0.6) is 11.5 Å². The number of likely N-dealkylation sites (N-methyl/N-ethyl adjacent to an activating group) is 1. The number of hydrogen-bond acceptors (Lipinski definition) is 6. The van der Waals surface area contributed by atoms with Crippen molar-refractivity contribution in [3.8, 4) is 11.5 Å². The van der Waals surface area contributed by atoms with E-state index in [2.05, 4.69) is 5.32 Å². The molecule has 0 aliphatic carbocycles. The summed E-state index contributed by atoms with van der Waals surface area (Å²) in [5, 5.41) is 2.58. The number of nitrogens with zero attached hydrogens (tertiary/aromatic N) is 2. The van der Waals surface area contributed by atoms with Crippen molar-refractivity contribution in [1.29, 1.82) is 0 Å². The highest BCUT2D eigenvalue weighted by Gasteiger charge is 2.31. The molecule has 33 heavy (non-hydrogen) atoms. The van der Waals surface area contributed by atoms with Gasteiger partial charge in [0, 0.05) is 19.7 Å². The lowest BCUT2D eigenvalue weighted by Gasteiger charge is -2.32. The van der Waals surface area contributed by atoms with Crippen molar-refractivity contribution < 1.29 is 27.5 Å². The lowest BCUT2D eigenvalue weighted by Crippen LogP contribution is -2.51. The first kappa shape index (κ1) is 26.0. The molecular formula is C23H31N3O6S. The molecule has 0 heterocycles. The second kappa shape index (κ2) is 11.6. The SMILES string of the molecule is CC[C@@H](C(=O)NC)N(Cc1cccc(OC)c1)C(=O)CN(c1cccc(OC)c1)S(C)(=O)=O. The van der Waals surface area contributed by atoms with Crippen molar-refractivity contribution in [3.05, 3.63) is 54.1 Å². The number of nitrogens with one attached hydrogen (secondary N) is 1. The van der Waals surface area contributed by atoms with Crippen molar-refractivity contribution in [3.63, 3.8) is 0 Å². The lowest BCUT2D eigenvalue weighted by atomic mass is 10.1. The minimum atomic E-state index is -3.80. The number of sulfonamides is 1. The van der Waals surface area contributed by atoms with Crippen LogP contribution < -0.4 is 19.1 Å². The average molecular weight is 478 g/mol. The van der Waals surface area contributed by atoms with E-state index in [1.165, 1.54) is 25.1 Å². The van der Waals surface area contributed by atoms with Gasteiger partial charge in [0.2, 0.25) is 21.8 Å². The minimum absolute atomic E-state index is 0.109. The molecule has 2 amide bonds. The number of hydrogen-bond donors (Lipinski definition) is 1. The summed E-state index contributed by atoms with van der Waals surface area (Å²) in [7, 11) is 0.708. The maximum atomic E-state index is 13.5. The zero-order valence-corrected chi connectivity index (χ0v) is 20.4. The van der Waals surface area contributed by atoms with Gasteiger partial charge in [0.05, 0.1) is 26.2 Å². The second-order valence-corrected chi connectivity index (χ2v) is 9.29. The molecule has 1 atom stereocenters. The van der Waals surface area contributed by atoms with E-state index in [9.17, 15) is 18.0 Å². The summed E-state index contributed by atoms with van der Waals surface area (Å²) < 4.78 is 36.6. The number of carbonyl (C=O) groups excluding carboxylic acids is 2. The highest BCUT2D eigenvalue weighted by molar-refractivity contribution is 7.92. The molecule has 2 aromatic carbocycles. The maximum absolute atomic E-state index is 13.5. The second-order valence-electron chi connectivity index (χ2n) is 7.38. The molecule has 0 fully saturated rings. The number of carbonyl (C=O) groups is 2. The van der Waals surface area contributed by atoms with Crippen LogP contribution in [0, 0.1) is 0 Å². The number of benzene rings is 2. The quantitative estimate of drug-likeness (QED) is 0.531. The van der Waals surface area contributed by atoms with Gasteiger partial charge in [-0.25, -0.2) is 8.42 Å². The monoisotopic (exact) mass is 477 g/mol. The first-order valence-electron chi connectivity index (χ1n) is 10.4. The molecule has 9 nitrogen and oxygen atoms in total. The van der Waals surface area contributed by atoms with Gasteiger partial charge < -0.3 is 19.7 Å². The molecule has 180 valence electrons. The number of anilines is 1. The molecule has 0 radical (unpaired) electrons. The largest absolute Gasteiger partial charge is 0.497 e. The van der Waals surface area contributed by atoms with Crippen molar-refractivity contribution in [2.75, 3.05) is 38.4 Å². The fourth-order valence-corrected chi connectivity index (χ4v) is 4.27. The summed E-state index contributed by atoms with van der Waals surface area (Å²) in [4.78, 5) is 27.4. The molecule has 2 aromatic rings. The van der Waals surface area contributed by atoms with E-state index in [4.69, 9.17) is 9.47 Å². The van der Waals surface area contributed by atoms with E-state index in [1.807, 2.05) is 6.07 Å². The third kappa shape index (κ3) is 6.85. The van der Waals surface area contributed by atoms with Crippen molar-refractivity contribution in [1.82, 2.24) is 10.2 Å². The molecular weight excluding hydrogens is 446 g/mol. The van der Waals surface area contributed by atoms with Crippen LogP contribution in [0.4, 0.5) is 5.69 Å². The molecule has 10 heteroatoms. The van der Waals surface area contributed by atoms with Crippen molar-refractivity contribution in [2.45, 2.75) is 25.9 Å². The Balaban J connectivity index is 2.44. The van der Waals surface area contributed by atoms with E-state index < -0.39 is 28.5 Å². The predicted molar refractivity (Wildman–Crippen MR) is 127 cm³/mol. The van der Waals surface area contributed by atoms with Crippen LogP contribution in [0.1, 0.15) is 18.9 Å². The van der Waals surface area contributed by atoms with Crippen molar-refractivity contribution >= 4 is 27.5 Å². The number of amides is 2. The molecule has 0 saturated carbocycles. The van der Waals surface area contributed by atoms with E-state index in [-0.39, 0.29) is 12.5 Å². The molecule has 2 rings (SSSR count). The van der Waals surface area contributed by atoms with Crippen LogP contribution in [-0.4, -0.2) is 65.2 Å². The van der Waals surface area contributed by atoms with E-state index in [0.717, 1.165) is 16.1 Å². The molecule has 0 spiro atoms. The van der Waals surface area contributed by atoms with Gasteiger partial charge in [-0.1, -0.05) is 25.1 Å². The Morgan fingerprint density at radius 3 is 2.18 bits per heavy atom. The standard InChI is InChI=1S/C23H31N3O6S/c1-6-21(23(28)24-2)25(15-17-9-7-11-19(13-17)31-3)22(27)16-26(33(5,29)30)18-10-8-12-20(14-18)32-4/h7-14,21H,6,15-16H2,1-5H3,(H,24,28)/t21-/m0/s1. The number of rotatable bonds is 11. The van der Waals surface area contributed by atoms with Crippen LogP contribution in [0.2, 0.25) is 0 Å². The summed E-state index contributed by atoms with van der Waals surface area (Å²) >= 11 is 0. The summed E-state index contributed by atoms with van der Waals surface area (Å²) in [5.41, 5.74) is 1.04. The Morgan fingerprint density at radius 2 is 1.64 bits per heavy atom. The Hall–Kier alpha value is -3.27. The highest BCUT2D eigenvalue weighted by Crippen LogP contribution is 2.24. The van der Waals surface area contributed by atoms with Gasteiger partial charge >= 0.3 is 0 Å². The average Bonchev–Trinajstić information content (AvgIpc) is 2.81. The van der Waals surface area contributed by atoms with Gasteiger partial charge in [0.15, 0.2) is 0 Å². The predicted octanol–water partition coefficient (Wildman–Crippen LogP) is 2.02. The minimum Gasteiger partial charge on any atom is -0.497 e. The zero-order chi connectivity index (χ0) is 24.6. The number of ether oxygens (including phenoxy) is 2. The third-order valence-corrected chi connectivity index (χ3v) is 6.28. The van der Waals surface area contributed by atoms with E-state index >= 15 is 0 Å². The summed E-state index contributed by atoms with van der Waals surface area (Å²) in [5.74, 6) is 0.225. The van der Waals surface area contributed by atoms with Crippen LogP contribution in [-0.2, 0) is 26.2 Å². The maximum Gasteiger partial charge on any atom is 0.244 e. The topological polar surface area (TPSA) is 105 Å². The zero-order valence-electron chi connectivity index (χ0n) is 19.6. The van der Waals surface area contributed by atoms with Gasteiger partial charge in [-0.3, -0.25) is 13.9 Å². The fourth-order valence-electron chi connectivity index (χ4n) is 3.43. The molecule has 1 N–H and O–H groups in total. The van der Waals surface area contributed by atoms with Gasteiger partial charge in [-0.15, -0.1) is 0 Å². The molecule has 0 aromatic heterocycles. The lowest BCUT2D eigenvalue weighted by molar-refractivity contribution is -0.140. The van der Waals surface area contributed by atoms with Crippen LogP contribution in [0.15, 0.2) is 48.5 Å². The number of methoxy groups -OCH3 is 2. The smallest absolute Gasteiger partial charge is 0.244 e. The summed E-state index contributed by atoms with van der Waals surface area (Å²) in [6.45, 7) is 1.43. The van der Waals surface area contributed by atoms with E-state index in [0.29, 0.717) is 23.6 Å². The van der Waals surface area contributed by atoms with Crippen LogP contribution in [0.25, 0.3) is 0 Å². The van der Waals surface area contributed by atoms with Crippen LogP contribution >= 0.6 is 0 Å². The molecule has 0 unspecified atom stereocenters. The third-order valence-electron chi connectivity index (χ3n) is 5.14. The highest BCUT2D eigenvalue weighted by atomic mass is 32.2. The Kier molecular flexibility index (Phi) is 9.10. The van der Waals surface area contributed by atoms with Crippen LogP contribution in [0.3, 0.4) is 0 Å². The molecule has 0 aliphatic heterocycles. The first-order valence-corrected chi connectivity index (χ1v) is 12.2. The van der Waals surface area contributed by atoms with Gasteiger partial charge in [-0.05, 0) is 36.2 Å². The van der Waals surface area contributed by atoms with Gasteiger partial charge in [0.1, 0.15) is 24.1 Å². The summed E-state index contributed by atoms with van der Waals surface area (Å²) in [6.07, 6.45) is 1.38. The Labute approximate surface area is 195 Å². The van der Waals surface area contributed by atoms with E-state index in [1.54, 1.807) is 50.4 Å². The molecule has 0 bridgehead atoms. The molecule has 0 saturated heterocycles. The normalized spacial score (nSPS) is 11.9.